The lowest BCUT2D eigenvalue weighted by Crippen LogP contribution is -2.10. The Morgan fingerprint density at radius 2 is 1.80 bits per heavy atom. The third-order valence-corrected chi connectivity index (χ3v) is 3.41. The van der Waals surface area contributed by atoms with Gasteiger partial charge in [0.25, 0.3) is 0 Å². The summed E-state index contributed by atoms with van der Waals surface area (Å²) < 4.78 is 33.6. The minimum absolute atomic E-state index is 0.0873. The fraction of sp³-hybridized carbons (Fsp3) is 0. The molecule has 2 rings (SSSR count). The van der Waals surface area contributed by atoms with Gasteiger partial charge in [0.1, 0.15) is 10.7 Å². The average molecular weight is 379 g/mol. The van der Waals surface area contributed by atoms with Gasteiger partial charge in [-0.15, -0.1) is 0 Å². The van der Waals surface area contributed by atoms with Crippen LogP contribution in [0.25, 0.3) is 0 Å². The second-order valence-electron chi connectivity index (χ2n) is 3.81. The molecule has 7 heteroatoms. The molecule has 104 valence electrons. The molecule has 0 unspecified atom stereocenters. The Balaban J connectivity index is 2.41. The Bertz CT molecular complexity index is 673. The van der Waals surface area contributed by atoms with E-state index in [0.29, 0.717) is 0 Å². The molecule has 0 saturated heterocycles. The van der Waals surface area contributed by atoms with Crippen LogP contribution in [0.5, 0.6) is 11.5 Å². The maximum atomic E-state index is 13.8. The molecule has 2 aromatic carbocycles. The summed E-state index contributed by atoms with van der Waals surface area (Å²) in [6, 6.07) is 6.70. The maximum absolute atomic E-state index is 13.8. The van der Waals surface area contributed by atoms with E-state index < -0.39 is 17.4 Å². The van der Waals surface area contributed by atoms with Gasteiger partial charge in [-0.1, -0.05) is 39.7 Å². The van der Waals surface area contributed by atoms with Gasteiger partial charge in [-0.3, -0.25) is 0 Å². The smallest absolute Gasteiger partial charge is 0.198 e. The Morgan fingerprint density at radius 1 is 1.20 bits per heavy atom. The van der Waals surface area contributed by atoms with Crippen LogP contribution in [0.3, 0.4) is 0 Å². The first-order chi connectivity index (χ1) is 9.38. The van der Waals surface area contributed by atoms with Gasteiger partial charge in [-0.05, 0) is 30.3 Å². The predicted octanol–water partition coefficient (Wildman–Crippen LogP) is 4.81. The number of halogens is 4. The van der Waals surface area contributed by atoms with Crippen LogP contribution in [0.2, 0.25) is 5.02 Å². The number of hydrogen-bond donors (Lipinski definition) is 1. The molecule has 0 spiro atoms. The Morgan fingerprint density at radius 3 is 2.30 bits per heavy atom. The van der Waals surface area contributed by atoms with E-state index in [2.05, 4.69) is 28.1 Å². The van der Waals surface area contributed by atoms with Gasteiger partial charge in [0.15, 0.2) is 17.4 Å². The van der Waals surface area contributed by atoms with Gasteiger partial charge in [-0.2, -0.15) is 0 Å². The average Bonchev–Trinajstić information content (AvgIpc) is 2.35. The molecule has 0 radical (unpaired) electrons. The van der Waals surface area contributed by atoms with Crippen molar-refractivity contribution in [2.75, 3.05) is 0 Å². The third-order valence-electron chi connectivity index (χ3n) is 2.39. The highest BCUT2D eigenvalue weighted by Gasteiger charge is 2.16. The number of benzene rings is 2. The Kier molecular flexibility index (Phi) is 4.57. The van der Waals surface area contributed by atoms with Crippen molar-refractivity contribution < 1.29 is 13.5 Å². The van der Waals surface area contributed by atoms with Crippen molar-refractivity contribution in [1.82, 2.24) is 0 Å². The van der Waals surface area contributed by atoms with Crippen LogP contribution in [0.1, 0.15) is 5.56 Å². The highest BCUT2D eigenvalue weighted by molar-refractivity contribution is 9.10. The SMILES string of the molecule is NC(=S)c1cc(F)c(Oc2ccc(Br)cc2Cl)c(F)c1. The molecule has 0 aliphatic rings. The second kappa shape index (κ2) is 6.03. The molecular formula is C13H7BrClF2NOS. The van der Waals surface area contributed by atoms with Gasteiger partial charge in [-0.25, -0.2) is 8.78 Å². The summed E-state index contributed by atoms with van der Waals surface area (Å²) in [5.41, 5.74) is 5.41. The van der Waals surface area contributed by atoms with Crippen molar-refractivity contribution in [2.24, 2.45) is 5.73 Å². The van der Waals surface area contributed by atoms with Crippen molar-refractivity contribution in [1.29, 1.82) is 0 Å². The number of hydrogen-bond acceptors (Lipinski definition) is 2. The van der Waals surface area contributed by atoms with E-state index in [4.69, 9.17) is 22.1 Å². The zero-order chi connectivity index (χ0) is 14.9. The Labute approximate surface area is 132 Å². The normalized spacial score (nSPS) is 10.4. The van der Waals surface area contributed by atoms with E-state index in [1.807, 2.05) is 0 Å². The van der Waals surface area contributed by atoms with E-state index >= 15 is 0 Å². The molecule has 0 amide bonds. The van der Waals surface area contributed by atoms with E-state index in [1.54, 1.807) is 12.1 Å². The fourth-order valence-corrected chi connectivity index (χ4v) is 2.30. The van der Waals surface area contributed by atoms with E-state index in [9.17, 15) is 8.78 Å². The first-order valence-electron chi connectivity index (χ1n) is 5.30. The first-order valence-corrected chi connectivity index (χ1v) is 6.88. The van der Waals surface area contributed by atoms with E-state index in [0.717, 1.165) is 16.6 Å². The molecule has 0 aliphatic carbocycles. The van der Waals surface area contributed by atoms with E-state index in [1.165, 1.54) is 6.07 Å². The number of ether oxygens (including phenoxy) is 1. The van der Waals surface area contributed by atoms with Crippen LogP contribution in [0, 0.1) is 11.6 Å². The maximum Gasteiger partial charge on any atom is 0.198 e. The molecule has 2 aromatic rings. The monoisotopic (exact) mass is 377 g/mol. The topological polar surface area (TPSA) is 35.2 Å². The van der Waals surface area contributed by atoms with Gasteiger partial charge in [0.2, 0.25) is 0 Å². The molecule has 0 fully saturated rings. The van der Waals surface area contributed by atoms with Crippen LogP contribution in [-0.2, 0) is 0 Å². The van der Waals surface area contributed by atoms with Crippen LogP contribution in [0.4, 0.5) is 8.78 Å². The summed E-state index contributed by atoms with van der Waals surface area (Å²) in [4.78, 5) is -0.101. The van der Waals surface area contributed by atoms with Crippen molar-refractivity contribution in [3.8, 4) is 11.5 Å². The fourth-order valence-electron chi connectivity index (χ4n) is 1.47. The van der Waals surface area contributed by atoms with E-state index in [-0.39, 0.29) is 21.3 Å². The third kappa shape index (κ3) is 3.26. The molecule has 0 aromatic heterocycles. The summed E-state index contributed by atoms with van der Waals surface area (Å²) in [7, 11) is 0. The quantitative estimate of drug-likeness (QED) is 0.779. The van der Waals surface area contributed by atoms with Crippen molar-refractivity contribution in [2.45, 2.75) is 0 Å². The van der Waals surface area contributed by atoms with Gasteiger partial charge in [0.05, 0.1) is 5.02 Å². The van der Waals surface area contributed by atoms with Crippen LogP contribution in [0.15, 0.2) is 34.8 Å². The highest BCUT2D eigenvalue weighted by atomic mass is 79.9. The molecule has 2 nitrogen and oxygen atoms in total. The van der Waals surface area contributed by atoms with Crippen molar-refractivity contribution in [3.63, 3.8) is 0 Å². The highest BCUT2D eigenvalue weighted by Crippen LogP contribution is 2.34. The van der Waals surface area contributed by atoms with Gasteiger partial charge in [0, 0.05) is 10.0 Å². The Hall–Kier alpha value is -1.24. The minimum atomic E-state index is -0.910. The zero-order valence-corrected chi connectivity index (χ0v) is 13.0. The molecule has 0 saturated carbocycles. The van der Waals surface area contributed by atoms with Crippen LogP contribution < -0.4 is 10.5 Å². The standard InChI is InChI=1S/C13H7BrClF2NOS/c14-7-1-2-11(8(15)5-7)19-12-9(16)3-6(13(18)20)4-10(12)17/h1-5H,(H2,18,20). The molecule has 0 heterocycles. The molecule has 0 aliphatic heterocycles. The molecule has 0 bridgehead atoms. The summed E-state index contributed by atoms with van der Waals surface area (Å²) in [6.07, 6.45) is 0. The summed E-state index contributed by atoms with van der Waals surface area (Å²) >= 11 is 13.8. The molecule has 0 atom stereocenters. The molecule has 2 N–H and O–H groups in total. The van der Waals surface area contributed by atoms with Gasteiger partial charge >= 0.3 is 0 Å². The number of thiocarbonyl (C=S) groups is 1. The zero-order valence-electron chi connectivity index (χ0n) is 9.79. The minimum Gasteiger partial charge on any atom is -0.450 e. The number of nitrogens with two attached hydrogens (primary N) is 1. The number of rotatable bonds is 3. The summed E-state index contributed by atoms with van der Waals surface area (Å²) in [6.45, 7) is 0. The predicted molar refractivity (Wildman–Crippen MR) is 81.5 cm³/mol. The van der Waals surface area contributed by atoms with Crippen molar-refractivity contribution in [3.05, 3.63) is 57.0 Å². The lowest BCUT2D eigenvalue weighted by Gasteiger charge is -2.11. The molecular weight excluding hydrogens is 372 g/mol. The first kappa shape index (κ1) is 15.2. The summed E-state index contributed by atoms with van der Waals surface area (Å²) in [5, 5.41) is 0.219. The lowest BCUT2D eigenvalue weighted by molar-refractivity contribution is 0.407. The van der Waals surface area contributed by atoms with Crippen LogP contribution in [-0.4, -0.2) is 4.99 Å². The summed E-state index contributed by atoms with van der Waals surface area (Å²) in [5.74, 6) is -2.25. The molecule has 20 heavy (non-hydrogen) atoms. The second-order valence-corrected chi connectivity index (χ2v) is 5.57. The van der Waals surface area contributed by atoms with Gasteiger partial charge < -0.3 is 10.5 Å². The van der Waals surface area contributed by atoms with Crippen molar-refractivity contribution >= 4 is 44.7 Å². The largest absolute Gasteiger partial charge is 0.450 e. The lowest BCUT2D eigenvalue weighted by atomic mass is 10.2. The van der Waals surface area contributed by atoms with Crippen LogP contribution >= 0.6 is 39.7 Å².